The first-order chi connectivity index (χ1) is 5.54. The third-order valence-corrected chi connectivity index (χ3v) is 1.15. The van der Waals surface area contributed by atoms with Crippen LogP contribution in [0.5, 0.6) is 0 Å². The number of nitrogens with zero attached hydrogens (tertiary/aromatic N) is 3. The first kappa shape index (κ1) is 8.98. The fourth-order valence-corrected chi connectivity index (χ4v) is 0.665. The molecule has 1 aromatic rings. The molecule has 0 unspecified atom stereocenters. The standard InChI is InChI=1S/C5H7F3N4/c6-5(7,8)4-10-3-12(11-4)2-1-9/h3H,1-2,9H2. The zero-order valence-electron chi connectivity index (χ0n) is 6.04. The average Bonchev–Trinajstić information content (AvgIpc) is 2.35. The molecule has 0 radical (unpaired) electrons. The number of rotatable bonds is 2. The molecule has 7 heteroatoms. The molecule has 4 nitrogen and oxygen atoms in total. The maximum atomic E-state index is 11.9. The minimum absolute atomic E-state index is 0.237. The Balaban J connectivity index is 2.77. The Hall–Kier alpha value is -1.11. The maximum absolute atomic E-state index is 11.9. The van der Waals surface area contributed by atoms with Crippen LogP contribution in [0, 0.1) is 0 Å². The van der Waals surface area contributed by atoms with Crippen molar-refractivity contribution in [1.82, 2.24) is 14.8 Å². The van der Waals surface area contributed by atoms with Crippen LogP contribution in [0.1, 0.15) is 5.82 Å². The van der Waals surface area contributed by atoms with Crippen molar-refractivity contribution in [2.24, 2.45) is 5.73 Å². The lowest BCUT2D eigenvalue weighted by atomic mass is 10.6. The topological polar surface area (TPSA) is 56.7 Å². The molecule has 1 aromatic heterocycles. The summed E-state index contributed by atoms with van der Waals surface area (Å²) < 4.78 is 36.7. The second kappa shape index (κ2) is 3.10. The molecule has 0 aliphatic rings. The van der Waals surface area contributed by atoms with Crippen LogP contribution in [0.3, 0.4) is 0 Å². The monoisotopic (exact) mass is 180 g/mol. The molecule has 0 bridgehead atoms. The van der Waals surface area contributed by atoms with Gasteiger partial charge in [0.1, 0.15) is 6.33 Å². The van der Waals surface area contributed by atoms with E-state index in [0.29, 0.717) is 0 Å². The van der Waals surface area contributed by atoms with E-state index in [4.69, 9.17) is 5.73 Å². The molecule has 0 atom stereocenters. The lowest BCUT2D eigenvalue weighted by molar-refractivity contribution is -0.145. The van der Waals surface area contributed by atoms with Gasteiger partial charge in [-0.15, -0.1) is 5.10 Å². The van der Waals surface area contributed by atoms with Crippen LogP contribution in [0.25, 0.3) is 0 Å². The van der Waals surface area contributed by atoms with Crippen LogP contribution in [-0.2, 0) is 12.7 Å². The van der Waals surface area contributed by atoms with Crippen LogP contribution in [0.2, 0.25) is 0 Å². The predicted octanol–water partition coefficient (Wildman–Crippen LogP) is 0.256. The fourth-order valence-electron chi connectivity index (χ4n) is 0.665. The number of aromatic nitrogens is 3. The number of alkyl halides is 3. The van der Waals surface area contributed by atoms with Gasteiger partial charge in [0.2, 0.25) is 0 Å². The van der Waals surface area contributed by atoms with Crippen molar-refractivity contribution in [3.8, 4) is 0 Å². The molecule has 0 fully saturated rings. The minimum Gasteiger partial charge on any atom is -0.329 e. The molecule has 0 amide bonds. The van der Waals surface area contributed by atoms with Gasteiger partial charge in [0.15, 0.2) is 0 Å². The Labute approximate surface area is 66.2 Å². The summed E-state index contributed by atoms with van der Waals surface area (Å²) in [6.45, 7) is 0.476. The van der Waals surface area contributed by atoms with Gasteiger partial charge in [-0.25, -0.2) is 4.98 Å². The Morgan fingerprint density at radius 3 is 2.58 bits per heavy atom. The van der Waals surface area contributed by atoms with Gasteiger partial charge in [-0.1, -0.05) is 0 Å². The fraction of sp³-hybridized carbons (Fsp3) is 0.600. The van der Waals surface area contributed by atoms with Crippen molar-refractivity contribution < 1.29 is 13.2 Å². The number of halogens is 3. The molecule has 0 aromatic carbocycles. The Kier molecular flexibility index (Phi) is 2.32. The van der Waals surface area contributed by atoms with Crippen LogP contribution in [0.15, 0.2) is 6.33 Å². The van der Waals surface area contributed by atoms with Crippen molar-refractivity contribution in [3.63, 3.8) is 0 Å². The summed E-state index contributed by atoms with van der Waals surface area (Å²) in [4.78, 5) is 3.08. The molecular weight excluding hydrogens is 173 g/mol. The third-order valence-electron chi connectivity index (χ3n) is 1.15. The first-order valence-electron chi connectivity index (χ1n) is 3.21. The van der Waals surface area contributed by atoms with Crippen LogP contribution >= 0.6 is 0 Å². The molecule has 0 aliphatic heterocycles. The minimum atomic E-state index is -4.47. The van der Waals surface area contributed by atoms with Crippen molar-refractivity contribution in [2.45, 2.75) is 12.7 Å². The van der Waals surface area contributed by atoms with E-state index in [-0.39, 0.29) is 13.1 Å². The van der Waals surface area contributed by atoms with Gasteiger partial charge in [-0.3, -0.25) is 4.68 Å². The molecule has 0 spiro atoms. The Morgan fingerprint density at radius 1 is 1.50 bits per heavy atom. The van der Waals surface area contributed by atoms with E-state index < -0.39 is 12.0 Å². The number of hydrogen-bond acceptors (Lipinski definition) is 3. The predicted molar refractivity (Wildman–Crippen MR) is 34.1 cm³/mol. The van der Waals surface area contributed by atoms with Crippen molar-refractivity contribution >= 4 is 0 Å². The van der Waals surface area contributed by atoms with E-state index in [1.54, 1.807) is 0 Å². The zero-order valence-corrected chi connectivity index (χ0v) is 6.04. The second-order valence-corrected chi connectivity index (χ2v) is 2.12. The SMILES string of the molecule is NCCn1cnc(C(F)(F)F)n1. The van der Waals surface area contributed by atoms with E-state index in [1.165, 1.54) is 0 Å². The first-order valence-corrected chi connectivity index (χ1v) is 3.21. The smallest absolute Gasteiger partial charge is 0.329 e. The molecule has 0 saturated carbocycles. The number of nitrogens with two attached hydrogens (primary N) is 1. The highest BCUT2D eigenvalue weighted by Crippen LogP contribution is 2.25. The van der Waals surface area contributed by atoms with Gasteiger partial charge < -0.3 is 5.73 Å². The summed E-state index contributed by atoms with van der Waals surface area (Å²) in [5.41, 5.74) is 5.11. The molecule has 0 aliphatic carbocycles. The molecular formula is C5H7F3N4. The molecule has 1 rings (SSSR count). The van der Waals surface area contributed by atoms with Crippen molar-refractivity contribution in [2.75, 3.05) is 6.54 Å². The van der Waals surface area contributed by atoms with Gasteiger partial charge in [0.25, 0.3) is 5.82 Å². The summed E-state index contributed by atoms with van der Waals surface area (Å²) >= 11 is 0. The van der Waals surface area contributed by atoms with Gasteiger partial charge in [0, 0.05) is 6.54 Å². The van der Waals surface area contributed by atoms with Gasteiger partial charge in [-0.2, -0.15) is 13.2 Å². The highest BCUT2D eigenvalue weighted by molar-refractivity contribution is 4.87. The van der Waals surface area contributed by atoms with E-state index in [2.05, 4.69) is 10.1 Å². The van der Waals surface area contributed by atoms with Crippen molar-refractivity contribution in [3.05, 3.63) is 12.2 Å². The Morgan fingerprint density at radius 2 is 2.17 bits per heavy atom. The molecule has 2 N–H and O–H groups in total. The number of hydrogen-bond donors (Lipinski definition) is 1. The van der Waals surface area contributed by atoms with Crippen LogP contribution < -0.4 is 5.73 Å². The van der Waals surface area contributed by atoms with E-state index in [9.17, 15) is 13.2 Å². The van der Waals surface area contributed by atoms with Crippen LogP contribution in [-0.4, -0.2) is 21.3 Å². The van der Waals surface area contributed by atoms with Gasteiger partial charge in [-0.05, 0) is 0 Å². The van der Waals surface area contributed by atoms with E-state index >= 15 is 0 Å². The molecule has 12 heavy (non-hydrogen) atoms. The summed E-state index contributed by atoms with van der Waals surface area (Å²) in [6, 6.07) is 0. The highest BCUT2D eigenvalue weighted by Gasteiger charge is 2.35. The second-order valence-electron chi connectivity index (χ2n) is 2.12. The van der Waals surface area contributed by atoms with Crippen LogP contribution in [0.4, 0.5) is 13.2 Å². The largest absolute Gasteiger partial charge is 0.453 e. The lowest BCUT2D eigenvalue weighted by Crippen LogP contribution is -2.12. The Bertz CT molecular complexity index is 253. The van der Waals surface area contributed by atoms with Gasteiger partial charge in [0.05, 0.1) is 6.54 Å². The summed E-state index contributed by atoms with van der Waals surface area (Å²) in [7, 11) is 0. The normalized spacial score (nSPS) is 12.0. The molecule has 1 heterocycles. The highest BCUT2D eigenvalue weighted by atomic mass is 19.4. The lowest BCUT2D eigenvalue weighted by Gasteiger charge is -1.98. The quantitative estimate of drug-likeness (QED) is 0.710. The van der Waals surface area contributed by atoms with Gasteiger partial charge >= 0.3 is 6.18 Å². The average molecular weight is 180 g/mol. The van der Waals surface area contributed by atoms with E-state index in [1.807, 2.05) is 0 Å². The van der Waals surface area contributed by atoms with E-state index in [0.717, 1.165) is 11.0 Å². The molecule has 68 valence electrons. The molecule has 0 saturated heterocycles. The zero-order chi connectivity index (χ0) is 9.19. The summed E-state index contributed by atoms with van der Waals surface area (Å²) in [5, 5.41) is 3.17. The summed E-state index contributed by atoms with van der Waals surface area (Å²) in [6.07, 6.45) is -3.46. The third kappa shape index (κ3) is 1.94. The summed E-state index contributed by atoms with van der Waals surface area (Å²) in [5.74, 6) is -1.13. The van der Waals surface area contributed by atoms with Crippen molar-refractivity contribution in [1.29, 1.82) is 0 Å². The maximum Gasteiger partial charge on any atom is 0.453 e.